The van der Waals surface area contributed by atoms with Gasteiger partial charge in [-0.15, -0.1) is 0 Å². The summed E-state index contributed by atoms with van der Waals surface area (Å²) >= 11 is 7.47. The van der Waals surface area contributed by atoms with E-state index in [9.17, 15) is 4.79 Å². The number of ether oxygens (including phenoxy) is 1. The van der Waals surface area contributed by atoms with E-state index in [1.165, 1.54) is 11.9 Å². The number of halogens is 1. The molecule has 7 heteroatoms. The van der Waals surface area contributed by atoms with Crippen molar-refractivity contribution in [3.8, 4) is 11.5 Å². The summed E-state index contributed by atoms with van der Waals surface area (Å²) in [6.45, 7) is 0. The van der Waals surface area contributed by atoms with Crippen LogP contribution < -0.4 is 14.8 Å². The second kappa shape index (κ2) is 9.07. The van der Waals surface area contributed by atoms with Crippen molar-refractivity contribution in [3.05, 3.63) is 89.7 Å². The molecule has 5 nitrogen and oxygen atoms in total. The van der Waals surface area contributed by atoms with E-state index < -0.39 is 0 Å². The van der Waals surface area contributed by atoms with Crippen molar-refractivity contribution in [2.75, 3.05) is 11.8 Å². The minimum absolute atomic E-state index is 0.257. The Morgan fingerprint density at radius 1 is 1.00 bits per heavy atom. The zero-order valence-electron chi connectivity index (χ0n) is 16.1. The van der Waals surface area contributed by atoms with E-state index in [0.29, 0.717) is 22.2 Å². The van der Waals surface area contributed by atoms with Crippen LogP contribution >= 0.6 is 23.5 Å². The number of carbonyl (C=O) groups excluding carboxylic acids is 1. The fourth-order valence-corrected chi connectivity index (χ4v) is 3.70. The van der Waals surface area contributed by atoms with Crippen LogP contribution in [-0.2, 0) is 0 Å². The van der Waals surface area contributed by atoms with Crippen LogP contribution in [0.25, 0.3) is 10.8 Å². The number of anilines is 1. The monoisotopic (exact) mass is 435 g/mol. The van der Waals surface area contributed by atoms with E-state index in [0.717, 1.165) is 21.4 Å². The van der Waals surface area contributed by atoms with Gasteiger partial charge in [-0.25, -0.2) is 0 Å². The van der Waals surface area contributed by atoms with E-state index in [1.807, 2.05) is 60.7 Å². The van der Waals surface area contributed by atoms with Gasteiger partial charge < -0.3 is 14.8 Å². The number of nitrogens with one attached hydrogen (secondary N) is 2. The van der Waals surface area contributed by atoms with Crippen LogP contribution in [0.4, 0.5) is 5.69 Å². The Labute approximate surface area is 183 Å². The number of rotatable bonds is 6. The quantitative estimate of drug-likeness (QED) is 0.355. The molecule has 1 aromatic heterocycles. The molecule has 0 atom stereocenters. The van der Waals surface area contributed by atoms with Crippen LogP contribution in [0.1, 0.15) is 10.5 Å². The molecule has 0 aliphatic heterocycles. The Bertz CT molecular complexity index is 1200. The van der Waals surface area contributed by atoms with Gasteiger partial charge in [0.2, 0.25) is 0 Å². The van der Waals surface area contributed by atoms with E-state index in [1.54, 1.807) is 25.4 Å². The number of pyridine rings is 1. The Morgan fingerprint density at radius 2 is 1.80 bits per heavy atom. The predicted octanol–water partition coefficient (Wildman–Crippen LogP) is 6.16. The van der Waals surface area contributed by atoms with Crippen molar-refractivity contribution in [3.63, 3.8) is 0 Å². The van der Waals surface area contributed by atoms with Gasteiger partial charge in [0.25, 0.3) is 5.91 Å². The Balaban J connectivity index is 1.53. The predicted molar refractivity (Wildman–Crippen MR) is 123 cm³/mol. The van der Waals surface area contributed by atoms with Crippen LogP contribution in [0.15, 0.2) is 83.9 Å². The highest BCUT2D eigenvalue weighted by Crippen LogP contribution is 2.32. The van der Waals surface area contributed by atoms with Crippen LogP contribution in [0.2, 0.25) is 5.02 Å². The van der Waals surface area contributed by atoms with Crippen LogP contribution in [-0.4, -0.2) is 17.9 Å². The average molecular weight is 436 g/mol. The third-order valence-electron chi connectivity index (χ3n) is 4.37. The van der Waals surface area contributed by atoms with Crippen molar-refractivity contribution in [1.82, 2.24) is 10.3 Å². The maximum Gasteiger partial charge on any atom is 0.269 e. The molecule has 4 rings (SSSR count). The first kappa shape index (κ1) is 20.1. The van der Waals surface area contributed by atoms with E-state index in [4.69, 9.17) is 16.3 Å². The Kier molecular flexibility index (Phi) is 6.07. The molecule has 150 valence electrons. The fourth-order valence-electron chi connectivity index (χ4n) is 2.89. The third kappa shape index (κ3) is 4.67. The van der Waals surface area contributed by atoms with Crippen LogP contribution in [0.5, 0.6) is 11.5 Å². The summed E-state index contributed by atoms with van der Waals surface area (Å²) in [7, 11) is 1.57. The first-order valence-corrected chi connectivity index (χ1v) is 10.4. The third-order valence-corrected chi connectivity index (χ3v) is 5.45. The number of amides is 1. The lowest BCUT2D eigenvalue weighted by Gasteiger charge is -2.11. The van der Waals surface area contributed by atoms with Gasteiger partial charge in [-0.3, -0.25) is 9.78 Å². The molecule has 0 unspecified atom stereocenters. The number of carbonyl (C=O) groups is 1. The number of hydrogen-bond acceptors (Lipinski definition) is 5. The number of fused-ring (bicyclic) bond motifs is 1. The van der Waals surface area contributed by atoms with Gasteiger partial charge in [0.15, 0.2) is 0 Å². The lowest BCUT2D eigenvalue weighted by atomic mass is 10.1. The summed E-state index contributed by atoms with van der Waals surface area (Å²) in [6, 6.07) is 22.9. The van der Waals surface area contributed by atoms with Crippen molar-refractivity contribution >= 4 is 45.9 Å². The van der Waals surface area contributed by atoms with Crippen molar-refractivity contribution in [1.29, 1.82) is 0 Å². The lowest BCUT2D eigenvalue weighted by molar-refractivity contribution is 0.0958. The molecule has 0 aliphatic rings. The Hall–Kier alpha value is -3.22. The maximum absolute atomic E-state index is 11.8. The maximum atomic E-state index is 11.8. The molecule has 0 saturated carbocycles. The Morgan fingerprint density at radius 3 is 2.60 bits per heavy atom. The van der Waals surface area contributed by atoms with Gasteiger partial charge in [-0.2, -0.15) is 0 Å². The highest BCUT2D eigenvalue weighted by molar-refractivity contribution is 8.00. The first-order valence-electron chi connectivity index (χ1n) is 9.19. The zero-order valence-corrected chi connectivity index (χ0v) is 17.6. The van der Waals surface area contributed by atoms with Crippen LogP contribution in [0.3, 0.4) is 0 Å². The molecule has 3 aromatic carbocycles. The van der Waals surface area contributed by atoms with Gasteiger partial charge in [0.1, 0.15) is 17.2 Å². The second-order valence-electron chi connectivity index (χ2n) is 6.40. The molecular weight excluding hydrogens is 418 g/mol. The molecule has 0 radical (unpaired) electrons. The van der Waals surface area contributed by atoms with E-state index >= 15 is 0 Å². The molecule has 2 N–H and O–H groups in total. The second-order valence-corrected chi connectivity index (χ2v) is 7.72. The lowest BCUT2D eigenvalue weighted by Crippen LogP contribution is -2.18. The highest BCUT2D eigenvalue weighted by Gasteiger charge is 2.08. The topological polar surface area (TPSA) is 63.2 Å². The number of nitrogens with zero attached hydrogens (tertiary/aromatic N) is 1. The standard InChI is InChI=1S/C23H18ClN3O2S/c1-25-23(28)22-14-18(11-12-26-22)29-17-7-10-20-15(13-17)3-2-4-21(20)27-30-19-8-5-16(24)6-9-19/h2-14,27H,1H3,(H,25,28). The number of aromatic nitrogens is 1. The van der Waals surface area contributed by atoms with Gasteiger partial charge >= 0.3 is 0 Å². The summed E-state index contributed by atoms with van der Waals surface area (Å²) < 4.78 is 9.34. The van der Waals surface area contributed by atoms with Crippen molar-refractivity contribution < 1.29 is 9.53 Å². The van der Waals surface area contributed by atoms with Gasteiger partial charge in [0.05, 0.1) is 5.69 Å². The van der Waals surface area contributed by atoms with Crippen molar-refractivity contribution in [2.45, 2.75) is 4.90 Å². The fraction of sp³-hybridized carbons (Fsp3) is 0.0435. The zero-order chi connectivity index (χ0) is 20.9. The van der Waals surface area contributed by atoms with E-state index in [2.05, 4.69) is 15.0 Å². The molecule has 0 aliphatic carbocycles. The van der Waals surface area contributed by atoms with Crippen LogP contribution in [0, 0.1) is 0 Å². The molecule has 0 fully saturated rings. The summed E-state index contributed by atoms with van der Waals surface area (Å²) in [6.07, 6.45) is 1.55. The summed E-state index contributed by atoms with van der Waals surface area (Å²) in [5, 5.41) is 5.39. The van der Waals surface area contributed by atoms with Crippen molar-refractivity contribution in [2.24, 2.45) is 0 Å². The minimum atomic E-state index is -0.257. The number of hydrogen-bond donors (Lipinski definition) is 2. The average Bonchev–Trinajstić information content (AvgIpc) is 2.78. The van der Waals surface area contributed by atoms with Gasteiger partial charge in [-0.05, 0) is 71.9 Å². The summed E-state index contributed by atoms with van der Waals surface area (Å²) in [5.74, 6) is 0.974. The molecule has 4 aromatic rings. The largest absolute Gasteiger partial charge is 0.457 e. The number of benzene rings is 3. The van der Waals surface area contributed by atoms with E-state index in [-0.39, 0.29) is 5.91 Å². The first-order chi connectivity index (χ1) is 14.6. The molecule has 1 amide bonds. The SMILES string of the molecule is CNC(=O)c1cc(Oc2ccc3c(NSc4ccc(Cl)cc4)cccc3c2)ccn1. The summed E-state index contributed by atoms with van der Waals surface area (Å²) in [4.78, 5) is 16.9. The summed E-state index contributed by atoms with van der Waals surface area (Å²) in [5.41, 5.74) is 1.31. The molecule has 30 heavy (non-hydrogen) atoms. The molecular formula is C23H18ClN3O2S. The molecule has 0 saturated heterocycles. The molecule has 0 bridgehead atoms. The molecule has 0 spiro atoms. The smallest absolute Gasteiger partial charge is 0.269 e. The van der Waals surface area contributed by atoms with Gasteiger partial charge in [0, 0.05) is 34.6 Å². The normalized spacial score (nSPS) is 10.6. The molecule has 1 heterocycles. The van der Waals surface area contributed by atoms with Gasteiger partial charge in [-0.1, -0.05) is 23.7 Å². The highest BCUT2D eigenvalue weighted by atomic mass is 35.5. The minimum Gasteiger partial charge on any atom is -0.457 e.